The lowest BCUT2D eigenvalue weighted by Crippen LogP contribution is -2.16. The molecule has 0 fully saturated rings. The number of carbonyl (C=O) groups is 1. The molecule has 0 bridgehead atoms. The number of fused-ring (bicyclic) bond motifs is 1. The molecule has 0 atom stereocenters. The fourth-order valence-electron chi connectivity index (χ4n) is 2.26. The van der Waals surface area contributed by atoms with E-state index in [1.54, 1.807) is 31.4 Å². The van der Waals surface area contributed by atoms with Crippen molar-refractivity contribution >= 4 is 43.4 Å². The summed E-state index contributed by atoms with van der Waals surface area (Å²) in [6, 6.07) is 12.8. The zero-order valence-corrected chi connectivity index (χ0v) is 15.2. The average molecular weight is 401 g/mol. The first-order valence-electron chi connectivity index (χ1n) is 7.08. The molecule has 6 heteroatoms. The number of carbonyl (C=O) groups excluding carboxylic acids is 1. The van der Waals surface area contributed by atoms with Gasteiger partial charge < -0.3 is 9.30 Å². The number of amides is 1. The van der Waals surface area contributed by atoms with Crippen LogP contribution in [0, 0.1) is 12.3 Å². The number of hydrogen-bond acceptors (Lipinski definition) is 3. The summed E-state index contributed by atoms with van der Waals surface area (Å²) in [4.78, 5) is 17.3. The largest absolute Gasteiger partial charge is 0.497 e. The molecule has 2 aromatic carbocycles. The zero-order valence-electron chi connectivity index (χ0n) is 12.8. The van der Waals surface area contributed by atoms with Gasteiger partial charge in [-0.2, -0.15) is 4.99 Å². The molecule has 3 aromatic rings. The van der Waals surface area contributed by atoms with Crippen molar-refractivity contribution in [3.05, 3.63) is 57.3 Å². The van der Waals surface area contributed by atoms with Gasteiger partial charge in [0, 0.05) is 10.0 Å². The van der Waals surface area contributed by atoms with Crippen LogP contribution < -0.4 is 9.54 Å². The lowest BCUT2D eigenvalue weighted by Gasteiger charge is -2.01. The molecule has 0 aliphatic carbocycles. The average Bonchev–Trinajstić information content (AvgIpc) is 2.91. The first-order valence-corrected chi connectivity index (χ1v) is 8.69. The van der Waals surface area contributed by atoms with E-state index < -0.39 is 0 Å². The van der Waals surface area contributed by atoms with Crippen LogP contribution in [-0.4, -0.2) is 17.6 Å². The summed E-state index contributed by atoms with van der Waals surface area (Å²) in [6.45, 7) is 0.357. The Hall–Kier alpha value is -2.36. The lowest BCUT2D eigenvalue weighted by molar-refractivity contribution is 0.0998. The number of nitrogens with zero attached hydrogens (tertiary/aromatic N) is 2. The minimum absolute atomic E-state index is 0.311. The van der Waals surface area contributed by atoms with Crippen molar-refractivity contribution in [1.82, 2.24) is 4.57 Å². The van der Waals surface area contributed by atoms with Crippen LogP contribution in [0.5, 0.6) is 5.75 Å². The van der Waals surface area contributed by atoms with Gasteiger partial charge in [0.15, 0.2) is 4.80 Å². The van der Waals surface area contributed by atoms with Crippen LogP contribution in [0.4, 0.5) is 0 Å². The van der Waals surface area contributed by atoms with Crippen molar-refractivity contribution in [2.45, 2.75) is 6.54 Å². The number of thiazole rings is 1. The second kappa shape index (κ2) is 7.04. The highest BCUT2D eigenvalue weighted by Gasteiger charge is 2.09. The molecule has 24 heavy (non-hydrogen) atoms. The van der Waals surface area contributed by atoms with E-state index in [0.29, 0.717) is 22.7 Å². The van der Waals surface area contributed by atoms with Gasteiger partial charge in [-0.05, 0) is 42.5 Å². The maximum Gasteiger partial charge on any atom is 0.279 e. The number of hydrogen-bond donors (Lipinski definition) is 0. The Morgan fingerprint density at radius 3 is 2.75 bits per heavy atom. The molecule has 4 nitrogen and oxygen atoms in total. The lowest BCUT2D eigenvalue weighted by atomic mass is 10.2. The minimum Gasteiger partial charge on any atom is -0.497 e. The fraction of sp³-hybridized carbons (Fsp3) is 0.111. The Balaban J connectivity index is 2.09. The van der Waals surface area contributed by atoms with Gasteiger partial charge >= 0.3 is 0 Å². The van der Waals surface area contributed by atoms with E-state index >= 15 is 0 Å². The van der Waals surface area contributed by atoms with E-state index in [-0.39, 0.29) is 5.91 Å². The van der Waals surface area contributed by atoms with Crippen LogP contribution >= 0.6 is 27.3 Å². The van der Waals surface area contributed by atoms with Gasteiger partial charge in [0.1, 0.15) is 5.75 Å². The van der Waals surface area contributed by atoms with Gasteiger partial charge in [0.25, 0.3) is 5.91 Å². The van der Waals surface area contributed by atoms with E-state index in [1.807, 2.05) is 22.8 Å². The number of aromatic nitrogens is 1. The van der Waals surface area contributed by atoms with Gasteiger partial charge in [-0.15, -0.1) is 6.42 Å². The van der Waals surface area contributed by atoms with Gasteiger partial charge in [-0.3, -0.25) is 4.79 Å². The number of halogens is 1. The van der Waals surface area contributed by atoms with Crippen molar-refractivity contribution in [1.29, 1.82) is 0 Å². The second-order valence-electron chi connectivity index (χ2n) is 4.93. The third kappa shape index (κ3) is 3.28. The molecule has 1 aromatic heterocycles. The van der Waals surface area contributed by atoms with Crippen LogP contribution in [0.1, 0.15) is 10.4 Å². The van der Waals surface area contributed by atoms with Crippen molar-refractivity contribution in [2.75, 3.05) is 7.11 Å². The summed E-state index contributed by atoms with van der Waals surface area (Å²) in [5, 5.41) is 0. The molecule has 0 unspecified atom stereocenters. The minimum atomic E-state index is -0.311. The monoisotopic (exact) mass is 400 g/mol. The molecule has 120 valence electrons. The van der Waals surface area contributed by atoms with Crippen LogP contribution in [-0.2, 0) is 6.54 Å². The topological polar surface area (TPSA) is 43.6 Å². The van der Waals surface area contributed by atoms with Crippen LogP contribution in [0.3, 0.4) is 0 Å². The summed E-state index contributed by atoms with van der Waals surface area (Å²) in [5.74, 6) is 3.00. The third-order valence-electron chi connectivity index (χ3n) is 3.43. The maximum atomic E-state index is 12.4. The van der Waals surface area contributed by atoms with E-state index in [9.17, 15) is 4.79 Å². The molecule has 0 saturated heterocycles. The van der Waals surface area contributed by atoms with Crippen molar-refractivity contribution in [3.63, 3.8) is 0 Å². The first-order chi connectivity index (χ1) is 11.6. The van der Waals surface area contributed by atoms with Crippen molar-refractivity contribution < 1.29 is 9.53 Å². The molecule has 0 radical (unpaired) electrons. The normalized spacial score (nSPS) is 11.5. The molecule has 1 heterocycles. The standard InChI is InChI=1S/C18H13BrN2O2S/c1-3-10-21-15-9-6-13(19)11-16(15)24-18(21)20-17(22)12-4-7-14(23-2)8-5-12/h1,4-9,11H,10H2,2H3. The predicted molar refractivity (Wildman–Crippen MR) is 99.2 cm³/mol. The molecule has 1 amide bonds. The van der Waals surface area contributed by atoms with Crippen LogP contribution in [0.15, 0.2) is 51.9 Å². The summed E-state index contributed by atoms with van der Waals surface area (Å²) >= 11 is 4.89. The first kappa shape index (κ1) is 16.5. The number of benzene rings is 2. The van der Waals surface area contributed by atoms with Crippen LogP contribution in [0.2, 0.25) is 0 Å². The summed E-state index contributed by atoms with van der Waals surface area (Å²) in [6.07, 6.45) is 5.47. The van der Waals surface area contributed by atoms with Gasteiger partial charge in [0.2, 0.25) is 0 Å². The highest BCUT2D eigenvalue weighted by Crippen LogP contribution is 2.22. The van der Waals surface area contributed by atoms with E-state index in [2.05, 4.69) is 26.8 Å². The number of ether oxygens (including phenoxy) is 1. The van der Waals surface area contributed by atoms with E-state index in [1.165, 1.54) is 11.3 Å². The van der Waals surface area contributed by atoms with Gasteiger partial charge in [-0.1, -0.05) is 33.2 Å². The summed E-state index contributed by atoms with van der Waals surface area (Å²) < 4.78 is 8.95. The smallest absolute Gasteiger partial charge is 0.279 e. The molecule has 0 aliphatic heterocycles. The van der Waals surface area contributed by atoms with E-state index in [0.717, 1.165) is 14.7 Å². The Bertz CT molecular complexity index is 1010. The second-order valence-corrected chi connectivity index (χ2v) is 6.86. The quantitative estimate of drug-likeness (QED) is 0.626. The van der Waals surface area contributed by atoms with Crippen LogP contribution in [0.25, 0.3) is 10.2 Å². The maximum absolute atomic E-state index is 12.4. The number of terminal acetylenes is 1. The highest BCUT2D eigenvalue weighted by atomic mass is 79.9. The van der Waals surface area contributed by atoms with Gasteiger partial charge in [0.05, 0.1) is 23.9 Å². The number of methoxy groups -OCH3 is 1. The van der Waals surface area contributed by atoms with Crippen molar-refractivity contribution in [2.24, 2.45) is 4.99 Å². The Labute approximate surface area is 151 Å². The number of rotatable bonds is 3. The Morgan fingerprint density at radius 2 is 2.08 bits per heavy atom. The third-order valence-corrected chi connectivity index (χ3v) is 4.96. The fourth-order valence-corrected chi connectivity index (χ4v) is 3.84. The molecule has 0 spiro atoms. The molecule has 0 N–H and O–H groups in total. The van der Waals surface area contributed by atoms with E-state index in [4.69, 9.17) is 11.2 Å². The summed E-state index contributed by atoms with van der Waals surface area (Å²) in [5.41, 5.74) is 1.46. The molecule has 0 aliphatic rings. The Morgan fingerprint density at radius 1 is 1.33 bits per heavy atom. The molecular weight excluding hydrogens is 388 g/mol. The zero-order chi connectivity index (χ0) is 17.1. The molecule has 0 saturated carbocycles. The van der Waals surface area contributed by atoms with Crippen molar-refractivity contribution in [3.8, 4) is 18.1 Å². The van der Waals surface area contributed by atoms with Gasteiger partial charge in [-0.25, -0.2) is 0 Å². The predicted octanol–water partition coefficient (Wildman–Crippen LogP) is 3.85. The highest BCUT2D eigenvalue weighted by molar-refractivity contribution is 9.10. The molecular formula is C18H13BrN2O2S. The SMILES string of the molecule is C#CCn1c(=NC(=O)c2ccc(OC)cc2)sc2cc(Br)ccc21. The summed E-state index contributed by atoms with van der Waals surface area (Å²) in [7, 11) is 1.58. The Kier molecular flexibility index (Phi) is 4.84. The molecule has 3 rings (SSSR count).